The molecule has 0 radical (unpaired) electrons. The molecule has 9 unspecified atom stereocenters. The third kappa shape index (κ3) is 4.73. The summed E-state index contributed by atoms with van der Waals surface area (Å²) in [7, 11) is 0. The van der Waals surface area contributed by atoms with Crippen molar-refractivity contribution in [2.45, 2.75) is 81.4 Å². The summed E-state index contributed by atoms with van der Waals surface area (Å²) in [5.41, 5.74) is -5.61. The molecule has 0 saturated carbocycles. The Labute approximate surface area is 213 Å². The number of carbonyl (C=O) groups is 3. The largest absolute Gasteiger partial charge is 0.479 e. The van der Waals surface area contributed by atoms with E-state index >= 15 is 0 Å². The van der Waals surface area contributed by atoms with Crippen LogP contribution in [-0.2, 0) is 35.0 Å². The summed E-state index contributed by atoms with van der Waals surface area (Å²) >= 11 is 0. The van der Waals surface area contributed by atoms with Gasteiger partial charge < -0.3 is 44.8 Å². The Bertz CT molecular complexity index is 1000. The maximum Gasteiger partial charge on any atom is 0.342 e. The van der Waals surface area contributed by atoms with E-state index in [9.17, 15) is 45.0 Å². The first kappa shape index (κ1) is 29.0. The van der Waals surface area contributed by atoms with Gasteiger partial charge in [0.2, 0.25) is 11.2 Å². The first-order valence-corrected chi connectivity index (χ1v) is 12.0. The number of fused-ring (bicyclic) bond motifs is 2. The van der Waals surface area contributed by atoms with Crippen molar-refractivity contribution in [3.05, 3.63) is 35.9 Å². The minimum Gasteiger partial charge on any atom is -0.479 e. The highest BCUT2D eigenvalue weighted by atomic mass is 16.8. The van der Waals surface area contributed by atoms with E-state index in [2.05, 4.69) is 0 Å². The van der Waals surface area contributed by atoms with Crippen LogP contribution in [0.2, 0.25) is 0 Å². The second kappa shape index (κ2) is 10.6. The number of ether oxygens (including phenoxy) is 3. The van der Waals surface area contributed by atoms with Crippen molar-refractivity contribution >= 4 is 17.9 Å². The monoisotopic (exact) mass is 526 g/mol. The first-order valence-electron chi connectivity index (χ1n) is 12.0. The molecule has 206 valence electrons. The van der Waals surface area contributed by atoms with Gasteiger partial charge in [0.05, 0.1) is 6.61 Å². The molecule has 37 heavy (non-hydrogen) atoms. The number of aliphatic hydroxyl groups is 4. The molecule has 1 aromatic rings. The van der Waals surface area contributed by atoms with E-state index in [1.54, 1.807) is 6.92 Å². The molecule has 2 fully saturated rings. The van der Waals surface area contributed by atoms with Gasteiger partial charge in [-0.25, -0.2) is 9.59 Å². The number of carboxylic acid groups (broad SMARTS) is 2. The van der Waals surface area contributed by atoms with Crippen LogP contribution >= 0.6 is 0 Å². The van der Waals surface area contributed by atoms with Crippen molar-refractivity contribution in [2.75, 3.05) is 6.61 Å². The summed E-state index contributed by atoms with van der Waals surface area (Å²) in [5.74, 6) is -7.46. The average Bonchev–Trinajstić information content (AvgIpc) is 3.04. The molecular formula is C25H34O12. The summed E-state index contributed by atoms with van der Waals surface area (Å²) in [5, 5.41) is 61.7. The quantitative estimate of drug-likeness (QED) is 0.206. The van der Waals surface area contributed by atoms with E-state index in [1.165, 1.54) is 6.92 Å². The van der Waals surface area contributed by atoms with Crippen molar-refractivity contribution in [2.24, 2.45) is 11.8 Å². The van der Waals surface area contributed by atoms with Crippen molar-refractivity contribution in [3.63, 3.8) is 0 Å². The second-order valence-corrected chi connectivity index (χ2v) is 9.96. The van der Waals surface area contributed by atoms with Crippen LogP contribution in [0.5, 0.6) is 0 Å². The molecule has 12 heteroatoms. The third-order valence-corrected chi connectivity index (χ3v) is 7.46. The predicted octanol–water partition coefficient (Wildman–Crippen LogP) is -0.308. The fourth-order valence-electron chi connectivity index (χ4n) is 5.56. The Morgan fingerprint density at radius 3 is 2.16 bits per heavy atom. The molecule has 2 heterocycles. The van der Waals surface area contributed by atoms with Gasteiger partial charge in [-0.05, 0) is 30.2 Å². The number of aliphatic hydroxyl groups excluding tert-OH is 3. The molecular weight excluding hydrogens is 492 g/mol. The second-order valence-electron chi connectivity index (χ2n) is 9.96. The fraction of sp³-hybridized carbons (Fsp3) is 0.640. The molecule has 0 aliphatic carbocycles. The molecule has 2 aliphatic heterocycles. The van der Waals surface area contributed by atoms with Crippen LogP contribution in [0.15, 0.2) is 30.3 Å². The summed E-state index contributed by atoms with van der Waals surface area (Å²) in [6.45, 7) is 3.81. The highest BCUT2D eigenvalue weighted by Gasteiger charge is 2.83. The molecule has 3 rings (SSSR count). The molecule has 0 spiro atoms. The van der Waals surface area contributed by atoms with E-state index in [0.717, 1.165) is 5.56 Å². The summed E-state index contributed by atoms with van der Waals surface area (Å²) in [6, 6.07) is 9.54. The Morgan fingerprint density at radius 1 is 1.03 bits per heavy atom. The van der Waals surface area contributed by atoms with Gasteiger partial charge in [0, 0.05) is 13.3 Å². The zero-order valence-corrected chi connectivity index (χ0v) is 20.8. The Morgan fingerprint density at radius 2 is 1.65 bits per heavy atom. The number of aliphatic carboxylic acids is 2. The molecule has 0 amide bonds. The number of carboxylic acids is 2. The van der Waals surface area contributed by atoms with Crippen LogP contribution in [0.1, 0.15) is 39.2 Å². The highest BCUT2D eigenvalue weighted by molar-refractivity contribution is 5.93. The lowest BCUT2D eigenvalue weighted by atomic mass is 9.75. The highest BCUT2D eigenvalue weighted by Crippen LogP contribution is 2.54. The van der Waals surface area contributed by atoms with Crippen molar-refractivity contribution in [1.29, 1.82) is 0 Å². The molecule has 2 aliphatic rings. The van der Waals surface area contributed by atoms with E-state index in [-0.39, 0.29) is 24.7 Å². The van der Waals surface area contributed by atoms with Crippen LogP contribution in [0.4, 0.5) is 0 Å². The fourth-order valence-corrected chi connectivity index (χ4v) is 5.56. The van der Waals surface area contributed by atoms with Gasteiger partial charge in [0.25, 0.3) is 0 Å². The summed E-state index contributed by atoms with van der Waals surface area (Å²) < 4.78 is 16.6. The van der Waals surface area contributed by atoms with Crippen molar-refractivity contribution in [3.8, 4) is 0 Å². The minimum absolute atomic E-state index is 0.111. The topological polar surface area (TPSA) is 200 Å². The molecule has 12 nitrogen and oxygen atoms in total. The summed E-state index contributed by atoms with van der Waals surface area (Å²) in [4.78, 5) is 36.0. The lowest BCUT2D eigenvalue weighted by Crippen LogP contribution is -2.77. The number of benzene rings is 1. The molecule has 2 bridgehead atoms. The Balaban J connectivity index is 1.88. The standard InChI is InChI=1S/C25H34O12/c1-13(18(35-15(3)27)14(2)11-16-7-5-4-6-8-16)9-10-23-19(28)20(29)25(37-23,22(32)33)24(34,21(30)31)17(12-26)36-23/h4-8,13-14,17-20,26,28-29,34H,9-12H2,1-3H3,(H,30,31)(H,32,33). The maximum atomic E-state index is 12.2. The van der Waals surface area contributed by atoms with Gasteiger partial charge in [0.1, 0.15) is 24.4 Å². The molecule has 9 atom stereocenters. The number of esters is 1. The lowest BCUT2D eigenvalue weighted by molar-refractivity contribution is -0.383. The average molecular weight is 527 g/mol. The van der Waals surface area contributed by atoms with Crippen LogP contribution in [0, 0.1) is 11.8 Å². The summed E-state index contributed by atoms with van der Waals surface area (Å²) in [6.07, 6.45) is -6.70. The van der Waals surface area contributed by atoms with E-state index < -0.39 is 65.9 Å². The molecule has 2 saturated heterocycles. The van der Waals surface area contributed by atoms with Crippen LogP contribution in [0.3, 0.4) is 0 Å². The van der Waals surface area contributed by atoms with Gasteiger partial charge in [-0.2, -0.15) is 0 Å². The number of hydrogen-bond donors (Lipinski definition) is 6. The third-order valence-electron chi connectivity index (χ3n) is 7.46. The Hall–Kier alpha value is -2.61. The van der Waals surface area contributed by atoms with Crippen LogP contribution < -0.4 is 0 Å². The number of hydrogen-bond acceptors (Lipinski definition) is 10. The normalized spacial score (nSPS) is 35.4. The molecule has 1 aromatic carbocycles. The zero-order valence-electron chi connectivity index (χ0n) is 20.8. The predicted molar refractivity (Wildman–Crippen MR) is 124 cm³/mol. The number of rotatable bonds is 11. The smallest absolute Gasteiger partial charge is 0.342 e. The first-order chi connectivity index (χ1) is 17.3. The van der Waals surface area contributed by atoms with Crippen LogP contribution in [-0.4, -0.2) is 96.6 Å². The maximum absolute atomic E-state index is 12.2. The molecule has 6 N–H and O–H groups in total. The number of carbonyl (C=O) groups excluding carboxylic acids is 1. The SMILES string of the molecule is CC(=O)OC(C(C)CCC12OC(CO)C(O)(C(=O)O)C(C(=O)O)(O1)C(O)C2O)C(C)Cc1ccccc1. The van der Waals surface area contributed by atoms with Gasteiger partial charge in [-0.1, -0.05) is 44.2 Å². The molecule has 0 aromatic heterocycles. The van der Waals surface area contributed by atoms with E-state index in [0.29, 0.717) is 6.42 Å². The van der Waals surface area contributed by atoms with Gasteiger partial charge in [0.15, 0.2) is 5.79 Å². The zero-order chi connectivity index (χ0) is 27.8. The van der Waals surface area contributed by atoms with E-state index in [1.807, 2.05) is 37.3 Å². The van der Waals surface area contributed by atoms with Crippen LogP contribution in [0.25, 0.3) is 0 Å². The van der Waals surface area contributed by atoms with Crippen molar-refractivity contribution < 1.29 is 59.2 Å². The van der Waals surface area contributed by atoms with Crippen molar-refractivity contribution in [1.82, 2.24) is 0 Å². The van der Waals surface area contributed by atoms with Gasteiger partial charge >= 0.3 is 17.9 Å². The lowest BCUT2D eigenvalue weighted by Gasteiger charge is -2.49. The van der Waals surface area contributed by atoms with Gasteiger partial charge in [-0.15, -0.1) is 0 Å². The Kier molecular flexibility index (Phi) is 8.32. The minimum atomic E-state index is -3.41. The van der Waals surface area contributed by atoms with E-state index in [4.69, 9.17) is 14.2 Å². The van der Waals surface area contributed by atoms with Gasteiger partial charge in [-0.3, -0.25) is 4.79 Å².